The molecule has 0 heterocycles. The minimum Gasteiger partial charge on any atom is -0.482 e. The van der Waals surface area contributed by atoms with Crippen molar-refractivity contribution >= 4 is 35.1 Å². The Hall–Kier alpha value is -3.22. The second-order valence-electron chi connectivity index (χ2n) is 7.21. The third-order valence-corrected chi connectivity index (χ3v) is 5.14. The van der Waals surface area contributed by atoms with Crippen molar-refractivity contribution in [1.29, 1.82) is 0 Å². The molecule has 0 aromatic heterocycles. The lowest BCUT2D eigenvalue weighted by molar-refractivity contribution is -0.147. The van der Waals surface area contributed by atoms with E-state index in [2.05, 4.69) is 0 Å². The molecule has 0 radical (unpaired) electrons. The third-order valence-electron chi connectivity index (χ3n) is 4.67. The molecular formula is C25H22Cl2O6. The fraction of sp³-hybridized carbons (Fsp3) is 0.200. The van der Waals surface area contributed by atoms with Crippen molar-refractivity contribution < 1.29 is 28.9 Å². The summed E-state index contributed by atoms with van der Waals surface area (Å²) in [6, 6.07) is 19.3. The fourth-order valence-corrected chi connectivity index (χ4v) is 3.38. The van der Waals surface area contributed by atoms with Crippen LogP contribution in [0.3, 0.4) is 0 Å². The predicted octanol–water partition coefficient (Wildman–Crippen LogP) is 5.56. The van der Waals surface area contributed by atoms with Gasteiger partial charge in [0, 0.05) is 27.6 Å². The molecule has 0 aliphatic carbocycles. The van der Waals surface area contributed by atoms with Gasteiger partial charge in [0.05, 0.1) is 0 Å². The van der Waals surface area contributed by atoms with Crippen LogP contribution in [-0.2, 0) is 27.4 Å². The summed E-state index contributed by atoms with van der Waals surface area (Å²) in [4.78, 5) is 23.3. The molecule has 3 aromatic rings. The van der Waals surface area contributed by atoms with Crippen molar-refractivity contribution in [1.82, 2.24) is 0 Å². The first-order valence-electron chi connectivity index (χ1n) is 10.1. The van der Waals surface area contributed by atoms with Crippen LogP contribution in [0.5, 0.6) is 11.5 Å². The molecule has 3 rings (SSSR count). The number of carbonyl (C=O) groups excluding carboxylic acids is 1. The van der Waals surface area contributed by atoms with Crippen LogP contribution >= 0.6 is 23.2 Å². The molecule has 0 bridgehead atoms. The highest BCUT2D eigenvalue weighted by Crippen LogP contribution is 2.31. The Morgan fingerprint density at radius 2 is 1.52 bits per heavy atom. The van der Waals surface area contributed by atoms with Gasteiger partial charge in [0.1, 0.15) is 18.1 Å². The van der Waals surface area contributed by atoms with Crippen LogP contribution in [-0.4, -0.2) is 29.8 Å². The zero-order chi connectivity index (χ0) is 23.8. The van der Waals surface area contributed by atoms with Gasteiger partial charge in [-0.25, -0.2) is 9.59 Å². The van der Waals surface area contributed by atoms with E-state index in [0.717, 1.165) is 5.56 Å². The lowest BCUT2D eigenvalue weighted by atomic mass is 10.0. The van der Waals surface area contributed by atoms with Crippen molar-refractivity contribution in [3.8, 4) is 11.5 Å². The Balaban J connectivity index is 1.72. The lowest BCUT2D eigenvalue weighted by Crippen LogP contribution is -2.23. The largest absolute Gasteiger partial charge is 0.482 e. The van der Waals surface area contributed by atoms with E-state index >= 15 is 0 Å². The van der Waals surface area contributed by atoms with E-state index in [0.29, 0.717) is 32.7 Å². The number of carboxylic acid groups (broad SMARTS) is 1. The first-order valence-corrected chi connectivity index (χ1v) is 10.9. The SMILES string of the molecule is CC(Oc1ccc(Cl)cc1Cc1cc(Cl)ccc1OCC(=O)OCc1ccccc1)C(=O)O. The van der Waals surface area contributed by atoms with Gasteiger partial charge in [-0.15, -0.1) is 0 Å². The summed E-state index contributed by atoms with van der Waals surface area (Å²) in [7, 11) is 0. The third kappa shape index (κ3) is 7.41. The molecule has 0 spiro atoms. The van der Waals surface area contributed by atoms with Crippen molar-refractivity contribution in [2.24, 2.45) is 0 Å². The maximum atomic E-state index is 12.1. The van der Waals surface area contributed by atoms with E-state index in [1.54, 1.807) is 36.4 Å². The Labute approximate surface area is 201 Å². The van der Waals surface area contributed by atoms with E-state index in [1.807, 2.05) is 30.3 Å². The van der Waals surface area contributed by atoms with Gasteiger partial charge in [0.25, 0.3) is 0 Å². The molecule has 0 fully saturated rings. The fourth-order valence-electron chi connectivity index (χ4n) is 2.99. The molecule has 0 aliphatic heterocycles. The van der Waals surface area contributed by atoms with Crippen LogP contribution in [0.1, 0.15) is 23.6 Å². The van der Waals surface area contributed by atoms with Gasteiger partial charge in [-0.3, -0.25) is 0 Å². The van der Waals surface area contributed by atoms with E-state index in [1.165, 1.54) is 6.92 Å². The lowest BCUT2D eigenvalue weighted by Gasteiger charge is -2.17. The summed E-state index contributed by atoms with van der Waals surface area (Å²) >= 11 is 12.3. The van der Waals surface area contributed by atoms with Gasteiger partial charge in [-0.1, -0.05) is 53.5 Å². The van der Waals surface area contributed by atoms with Crippen LogP contribution in [0.25, 0.3) is 0 Å². The first kappa shape index (κ1) is 24.4. The number of ether oxygens (including phenoxy) is 3. The van der Waals surface area contributed by atoms with Crippen molar-refractivity contribution in [2.75, 3.05) is 6.61 Å². The van der Waals surface area contributed by atoms with E-state index < -0.39 is 18.0 Å². The number of carboxylic acids is 1. The van der Waals surface area contributed by atoms with Gasteiger partial charge >= 0.3 is 11.9 Å². The number of halogens is 2. The summed E-state index contributed by atoms with van der Waals surface area (Å²) in [6.07, 6.45) is -0.753. The molecule has 3 aromatic carbocycles. The number of rotatable bonds is 10. The number of carbonyl (C=O) groups is 2. The number of esters is 1. The Morgan fingerprint density at radius 1 is 0.909 bits per heavy atom. The normalized spacial score (nSPS) is 11.5. The van der Waals surface area contributed by atoms with Gasteiger partial charge in [-0.05, 0) is 48.9 Å². The molecule has 33 heavy (non-hydrogen) atoms. The second-order valence-corrected chi connectivity index (χ2v) is 8.09. The molecule has 1 atom stereocenters. The van der Waals surface area contributed by atoms with Crippen LogP contribution < -0.4 is 9.47 Å². The molecule has 172 valence electrons. The van der Waals surface area contributed by atoms with Crippen LogP contribution in [0, 0.1) is 0 Å². The maximum absolute atomic E-state index is 12.1. The average Bonchev–Trinajstić information content (AvgIpc) is 2.79. The monoisotopic (exact) mass is 488 g/mol. The van der Waals surface area contributed by atoms with Crippen molar-refractivity contribution in [2.45, 2.75) is 26.1 Å². The summed E-state index contributed by atoms with van der Waals surface area (Å²) in [5.74, 6) is -0.783. The molecule has 0 saturated carbocycles. The summed E-state index contributed by atoms with van der Waals surface area (Å²) in [5, 5.41) is 10.1. The molecule has 0 aliphatic rings. The summed E-state index contributed by atoms with van der Waals surface area (Å²) in [5.41, 5.74) is 2.20. The average molecular weight is 489 g/mol. The minimum absolute atomic E-state index is 0.154. The van der Waals surface area contributed by atoms with Crippen LogP contribution in [0.15, 0.2) is 66.7 Å². The predicted molar refractivity (Wildman–Crippen MR) is 125 cm³/mol. The second kappa shape index (κ2) is 11.6. The van der Waals surface area contributed by atoms with E-state index in [4.69, 9.17) is 42.5 Å². The molecule has 0 saturated heterocycles. The van der Waals surface area contributed by atoms with E-state index in [-0.39, 0.29) is 19.6 Å². The molecular weight excluding hydrogens is 467 g/mol. The Kier molecular flexibility index (Phi) is 8.58. The van der Waals surface area contributed by atoms with E-state index in [9.17, 15) is 9.59 Å². The Morgan fingerprint density at radius 3 is 2.15 bits per heavy atom. The van der Waals surface area contributed by atoms with Crippen molar-refractivity contribution in [3.63, 3.8) is 0 Å². The molecule has 8 heteroatoms. The van der Waals surface area contributed by atoms with Gasteiger partial charge in [0.15, 0.2) is 12.7 Å². The van der Waals surface area contributed by atoms with Crippen molar-refractivity contribution in [3.05, 3.63) is 93.5 Å². The summed E-state index contributed by atoms with van der Waals surface area (Å²) < 4.78 is 16.5. The minimum atomic E-state index is -1.09. The molecule has 1 unspecified atom stereocenters. The van der Waals surface area contributed by atoms with Crippen LogP contribution in [0.4, 0.5) is 0 Å². The molecule has 1 N–H and O–H groups in total. The highest BCUT2D eigenvalue weighted by Gasteiger charge is 2.17. The highest BCUT2D eigenvalue weighted by atomic mass is 35.5. The number of hydrogen-bond donors (Lipinski definition) is 1. The topological polar surface area (TPSA) is 82.1 Å². The number of hydrogen-bond acceptors (Lipinski definition) is 5. The molecule has 0 amide bonds. The number of benzene rings is 3. The summed E-state index contributed by atoms with van der Waals surface area (Å²) in [6.45, 7) is 1.31. The van der Waals surface area contributed by atoms with Crippen LogP contribution in [0.2, 0.25) is 10.0 Å². The zero-order valence-electron chi connectivity index (χ0n) is 17.8. The molecule has 6 nitrogen and oxygen atoms in total. The highest BCUT2D eigenvalue weighted by molar-refractivity contribution is 6.31. The quantitative estimate of drug-likeness (QED) is 0.376. The first-order chi connectivity index (χ1) is 15.8. The van der Waals surface area contributed by atoms with Gasteiger partial charge in [0.2, 0.25) is 0 Å². The maximum Gasteiger partial charge on any atom is 0.344 e. The van der Waals surface area contributed by atoms with Gasteiger partial charge < -0.3 is 19.3 Å². The Bertz CT molecular complexity index is 1120. The smallest absolute Gasteiger partial charge is 0.344 e. The standard InChI is InChI=1S/C25H22Cl2O6/c1-16(25(29)30)33-23-10-8-21(27)13-19(23)11-18-12-20(26)7-9-22(18)31-15-24(28)32-14-17-5-3-2-4-6-17/h2-10,12-13,16H,11,14-15H2,1H3,(H,29,30). The van der Waals surface area contributed by atoms with Gasteiger partial charge in [-0.2, -0.15) is 0 Å². The number of aliphatic carboxylic acids is 1. The zero-order valence-corrected chi connectivity index (χ0v) is 19.3.